The van der Waals surface area contributed by atoms with Crippen LogP contribution in [0.15, 0.2) is 46.8 Å². The molecule has 2 heterocycles. The van der Waals surface area contributed by atoms with Gasteiger partial charge in [-0.2, -0.15) is 0 Å². The van der Waals surface area contributed by atoms with Gasteiger partial charge in [0, 0.05) is 4.88 Å². The summed E-state index contributed by atoms with van der Waals surface area (Å²) in [6.45, 7) is 0. The fourth-order valence-corrected chi connectivity index (χ4v) is 3.04. The molecule has 0 N–H and O–H groups in total. The van der Waals surface area contributed by atoms with Gasteiger partial charge in [0.1, 0.15) is 5.75 Å². The van der Waals surface area contributed by atoms with Crippen LogP contribution in [0, 0.1) is 0 Å². The van der Waals surface area contributed by atoms with Crippen molar-refractivity contribution in [3.05, 3.63) is 52.2 Å². The van der Waals surface area contributed by atoms with Gasteiger partial charge in [0.2, 0.25) is 0 Å². The first-order valence-electron chi connectivity index (χ1n) is 6.11. The van der Waals surface area contributed by atoms with E-state index < -0.39 is 0 Å². The normalized spacial score (nSPS) is 18.7. The van der Waals surface area contributed by atoms with Gasteiger partial charge in [0.25, 0.3) is 0 Å². The summed E-state index contributed by atoms with van der Waals surface area (Å²) in [5.41, 5.74) is 2.54. The molecule has 3 heteroatoms. The maximum atomic E-state index is 5.18. The Balaban J connectivity index is 1.82. The fraction of sp³-hybridized carbons (Fsp3) is 0.267. The number of aliphatic imine (C=N–C) groups is 1. The summed E-state index contributed by atoms with van der Waals surface area (Å²) in [5.74, 6) is 0.902. The standard InChI is InChI=1S/C15H15NOS/c1-17-12-6-4-11(5-7-12)13-8-9-14(16-13)15-3-2-10-18-15/h2-7,10,13H,8-9H2,1H3. The molecule has 0 spiro atoms. The Labute approximate surface area is 111 Å². The van der Waals surface area contributed by atoms with Crippen molar-refractivity contribution in [3.8, 4) is 5.75 Å². The van der Waals surface area contributed by atoms with Gasteiger partial charge in [-0.3, -0.25) is 4.99 Å². The lowest BCUT2D eigenvalue weighted by molar-refractivity contribution is 0.414. The fourth-order valence-electron chi connectivity index (χ4n) is 2.29. The van der Waals surface area contributed by atoms with Crippen LogP contribution in [0.1, 0.15) is 29.3 Å². The summed E-state index contributed by atoms with van der Waals surface area (Å²) >= 11 is 1.77. The molecule has 0 fully saturated rings. The molecule has 1 atom stereocenters. The third-order valence-corrected chi connectivity index (χ3v) is 4.19. The highest BCUT2D eigenvalue weighted by Gasteiger charge is 2.20. The molecule has 1 aliphatic heterocycles. The van der Waals surface area contributed by atoms with Crippen molar-refractivity contribution in [2.45, 2.75) is 18.9 Å². The van der Waals surface area contributed by atoms with E-state index in [1.807, 2.05) is 12.1 Å². The Kier molecular flexibility index (Phi) is 3.15. The van der Waals surface area contributed by atoms with E-state index >= 15 is 0 Å². The summed E-state index contributed by atoms with van der Waals surface area (Å²) in [6, 6.07) is 12.8. The summed E-state index contributed by atoms with van der Waals surface area (Å²) in [6.07, 6.45) is 2.19. The number of hydrogen-bond donors (Lipinski definition) is 0. The molecular weight excluding hydrogens is 242 g/mol. The van der Waals surface area contributed by atoms with Gasteiger partial charge >= 0.3 is 0 Å². The molecule has 3 rings (SSSR count). The molecule has 1 aromatic heterocycles. The Morgan fingerprint density at radius 3 is 2.72 bits per heavy atom. The van der Waals surface area contributed by atoms with Gasteiger partial charge in [-0.05, 0) is 42.0 Å². The van der Waals surface area contributed by atoms with E-state index in [4.69, 9.17) is 9.73 Å². The largest absolute Gasteiger partial charge is 0.497 e. The van der Waals surface area contributed by atoms with Gasteiger partial charge < -0.3 is 4.74 Å². The van der Waals surface area contributed by atoms with Crippen molar-refractivity contribution >= 4 is 17.0 Å². The second kappa shape index (κ2) is 4.94. The first-order valence-corrected chi connectivity index (χ1v) is 6.99. The van der Waals surface area contributed by atoms with Crippen molar-refractivity contribution in [1.82, 2.24) is 0 Å². The van der Waals surface area contributed by atoms with Gasteiger partial charge in [-0.1, -0.05) is 18.2 Å². The monoisotopic (exact) mass is 257 g/mol. The molecule has 0 radical (unpaired) electrons. The third-order valence-electron chi connectivity index (χ3n) is 3.27. The number of thiophene rings is 1. The van der Waals surface area contributed by atoms with Crippen LogP contribution in [0.5, 0.6) is 5.75 Å². The van der Waals surface area contributed by atoms with Crippen LogP contribution in [0.3, 0.4) is 0 Å². The van der Waals surface area contributed by atoms with E-state index in [0.29, 0.717) is 6.04 Å². The van der Waals surface area contributed by atoms with Gasteiger partial charge in [-0.25, -0.2) is 0 Å². The molecule has 2 nitrogen and oxygen atoms in total. The highest BCUT2D eigenvalue weighted by atomic mass is 32.1. The second-order valence-electron chi connectivity index (χ2n) is 4.38. The minimum absolute atomic E-state index is 0.313. The predicted octanol–water partition coefficient (Wildman–Crippen LogP) is 4.08. The number of nitrogens with zero attached hydrogens (tertiary/aromatic N) is 1. The van der Waals surface area contributed by atoms with Crippen molar-refractivity contribution in [1.29, 1.82) is 0 Å². The zero-order valence-corrected chi connectivity index (χ0v) is 11.1. The molecule has 1 aliphatic rings. The average molecular weight is 257 g/mol. The van der Waals surface area contributed by atoms with Gasteiger partial charge in [-0.15, -0.1) is 11.3 Å². The number of rotatable bonds is 3. The lowest BCUT2D eigenvalue weighted by atomic mass is 10.0. The van der Waals surface area contributed by atoms with Crippen LogP contribution < -0.4 is 4.74 Å². The number of hydrogen-bond acceptors (Lipinski definition) is 3. The van der Waals surface area contributed by atoms with Crippen molar-refractivity contribution in [2.75, 3.05) is 7.11 Å². The number of ether oxygens (including phenoxy) is 1. The summed E-state index contributed by atoms with van der Waals surface area (Å²) < 4.78 is 5.18. The van der Waals surface area contributed by atoms with Crippen LogP contribution in [-0.2, 0) is 0 Å². The zero-order chi connectivity index (χ0) is 12.4. The van der Waals surface area contributed by atoms with E-state index in [-0.39, 0.29) is 0 Å². The summed E-state index contributed by atoms with van der Waals surface area (Å²) in [4.78, 5) is 6.15. The second-order valence-corrected chi connectivity index (χ2v) is 5.33. The summed E-state index contributed by atoms with van der Waals surface area (Å²) in [5, 5.41) is 2.11. The minimum atomic E-state index is 0.313. The van der Waals surface area contributed by atoms with E-state index in [9.17, 15) is 0 Å². The molecular formula is C15H15NOS. The Morgan fingerprint density at radius 1 is 1.22 bits per heavy atom. The highest BCUT2D eigenvalue weighted by molar-refractivity contribution is 7.12. The van der Waals surface area contributed by atoms with Crippen molar-refractivity contribution in [2.24, 2.45) is 4.99 Å². The topological polar surface area (TPSA) is 21.6 Å². The molecule has 1 aromatic carbocycles. The lowest BCUT2D eigenvalue weighted by Crippen LogP contribution is -1.91. The molecule has 92 valence electrons. The van der Waals surface area contributed by atoms with Crippen LogP contribution in [-0.4, -0.2) is 12.8 Å². The smallest absolute Gasteiger partial charge is 0.118 e. The first kappa shape index (κ1) is 11.5. The Bertz CT molecular complexity index is 542. The molecule has 1 unspecified atom stereocenters. The Hall–Kier alpha value is -1.61. The van der Waals surface area contributed by atoms with Crippen molar-refractivity contribution < 1.29 is 4.74 Å². The number of methoxy groups -OCH3 is 1. The molecule has 2 aromatic rings. The van der Waals surface area contributed by atoms with E-state index in [0.717, 1.165) is 18.6 Å². The highest BCUT2D eigenvalue weighted by Crippen LogP contribution is 2.32. The number of benzene rings is 1. The van der Waals surface area contributed by atoms with E-state index in [1.54, 1.807) is 18.4 Å². The van der Waals surface area contributed by atoms with Crippen LogP contribution in [0.2, 0.25) is 0 Å². The first-order chi connectivity index (χ1) is 8.86. The van der Waals surface area contributed by atoms with E-state index in [1.165, 1.54) is 16.2 Å². The molecule has 0 aliphatic carbocycles. The summed E-state index contributed by atoms with van der Waals surface area (Å²) in [7, 11) is 1.69. The Morgan fingerprint density at radius 2 is 2.06 bits per heavy atom. The zero-order valence-electron chi connectivity index (χ0n) is 10.3. The molecule has 18 heavy (non-hydrogen) atoms. The van der Waals surface area contributed by atoms with Gasteiger partial charge in [0.15, 0.2) is 0 Å². The molecule has 0 bridgehead atoms. The predicted molar refractivity (Wildman–Crippen MR) is 75.8 cm³/mol. The van der Waals surface area contributed by atoms with Gasteiger partial charge in [0.05, 0.1) is 18.9 Å². The maximum absolute atomic E-state index is 5.18. The molecule has 0 amide bonds. The molecule has 0 saturated carbocycles. The van der Waals surface area contributed by atoms with Crippen LogP contribution >= 0.6 is 11.3 Å². The third kappa shape index (κ3) is 2.18. The quantitative estimate of drug-likeness (QED) is 0.812. The molecule has 0 saturated heterocycles. The van der Waals surface area contributed by atoms with Crippen LogP contribution in [0.4, 0.5) is 0 Å². The van der Waals surface area contributed by atoms with Crippen LogP contribution in [0.25, 0.3) is 0 Å². The average Bonchev–Trinajstić information content (AvgIpc) is 3.09. The maximum Gasteiger partial charge on any atom is 0.118 e. The minimum Gasteiger partial charge on any atom is -0.497 e. The SMILES string of the molecule is COc1ccc(C2CCC(c3cccs3)=N2)cc1. The van der Waals surface area contributed by atoms with E-state index in [2.05, 4.69) is 29.6 Å². The lowest BCUT2D eigenvalue weighted by Gasteiger charge is -2.07. The van der Waals surface area contributed by atoms with Crippen molar-refractivity contribution in [3.63, 3.8) is 0 Å².